The molecule has 56 valence electrons. The number of halogens is 2. The lowest BCUT2D eigenvalue weighted by molar-refractivity contribution is 0.832. The molecule has 3 nitrogen and oxygen atoms in total. The second kappa shape index (κ2) is 2.78. The molecule has 0 aromatic rings. The quantitative estimate of drug-likeness (QED) is 0.611. The van der Waals surface area contributed by atoms with Gasteiger partial charge in [0, 0.05) is 6.21 Å². The maximum Gasteiger partial charge on any atom is 0.182 e. The zero-order chi connectivity index (χ0) is 7.84. The minimum Gasteiger partial charge on any atom is -0.259 e. The van der Waals surface area contributed by atoms with Crippen LogP contribution in [0.15, 0.2) is 24.3 Å². The first-order valence-corrected chi connectivity index (χ1v) is 4.85. The van der Waals surface area contributed by atoms with Crippen molar-refractivity contribution in [3.63, 3.8) is 0 Å². The van der Waals surface area contributed by atoms with Gasteiger partial charge in [-0.25, -0.2) is 4.99 Å². The van der Waals surface area contributed by atoms with Crippen LogP contribution in [0.3, 0.4) is 0 Å². The van der Waals surface area contributed by atoms with Gasteiger partial charge in [-0.15, -0.1) is 0 Å². The molecule has 2 aliphatic rings. The molecule has 5 heteroatoms. The Kier molecular flexibility index (Phi) is 1.92. The van der Waals surface area contributed by atoms with Crippen molar-refractivity contribution in [2.75, 3.05) is 0 Å². The number of aliphatic imine (C=N–C) groups is 3. The second-order valence-electron chi connectivity index (χ2n) is 2.10. The molecule has 0 aliphatic carbocycles. The van der Waals surface area contributed by atoms with Gasteiger partial charge in [0.15, 0.2) is 6.17 Å². The predicted molar refractivity (Wildman–Crippen MR) is 58.2 cm³/mol. The van der Waals surface area contributed by atoms with E-state index in [4.69, 9.17) is 0 Å². The summed E-state index contributed by atoms with van der Waals surface area (Å²) in [6, 6.07) is 0. The van der Waals surface area contributed by atoms with Gasteiger partial charge in [0.05, 0.1) is 9.79 Å². The smallest absolute Gasteiger partial charge is 0.182 e. The van der Waals surface area contributed by atoms with Gasteiger partial charge in [0.2, 0.25) is 0 Å². The molecule has 2 aliphatic heterocycles. The minimum atomic E-state index is -0.0804. The van der Waals surface area contributed by atoms with Gasteiger partial charge in [-0.1, -0.05) is 0 Å². The van der Waals surface area contributed by atoms with Gasteiger partial charge in [-0.2, -0.15) is 0 Å². The summed E-state index contributed by atoms with van der Waals surface area (Å²) < 4.78 is 1.84. The Morgan fingerprint density at radius 3 is 2.91 bits per heavy atom. The first-order valence-electron chi connectivity index (χ1n) is 2.97. The SMILES string of the molecule is BrC1=NC2=C(I)C=N[C@@H]2N=C1. The third kappa shape index (κ3) is 1.31. The van der Waals surface area contributed by atoms with E-state index in [0.717, 1.165) is 13.9 Å². The summed E-state index contributed by atoms with van der Waals surface area (Å²) >= 11 is 5.46. The Hall–Kier alpha value is -0.0400. The lowest BCUT2D eigenvalue weighted by Crippen LogP contribution is -2.08. The Balaban J connectivity index is 2.46. The lowest BCUT2D eigenvalue weighted by Gasteiger charge is -2.07. The first-order chi connectivity index (χ1) is 5.27. The summed E-state index contributed by atoms with van der Waals surface area (Å²) in [6.45, 7) is 0. The van der Waals surface area contributed by atoms with Crippen LogP contribution in [0.25, 0.3) is 0 Å². The number of allylic oxidation sites excluding steroid dienone is 1. The van der Waals surface area contributed by atoms with E-state index in [0.29, 0.717) is 0 Å². The first kappa shape index (κ1) is 7.60. The molecule has 0 amide bonds. The summed E-state index contributed by atoms with van der Waals surface area (Å²) in [6.07, 6.45) is 3.40. The van der Waals surface area contributed by atoms with E-state index < -0.39 is 0 Å². The summed E-state index contributed by atoms with van der Waals surface area (Å²) in [5.41, 5.74) is 0.944. The van der Waals surface area contributed by atoms with Crippen molar-refractivity contribution in [2.45, 2.75) is 6.17 Å². The van der Waals surface area contributed by atoms with Crippen LogP contribution in [-0.2, 0) is 0 Å². The second-order valence-corrected chi connectivity index (χ2v) is 4.07. The van der Waals surface area contributed by atoms with E-state index >= 15 is 0 Å². The predicted octanol–water partition coefficient (Wildman–Crippen LogP) is 1.92. The van der Waals surface area contributed by atoms with Crippen molar-refractivity contribution in [1.82, 2.24) is 0 Å². The molecule has 0 bridgehead atoms. The molecule has 0 spiro atoms. The van der Waals surface area contributed by atoms with Gasteiger partial charge < -0.3 is 0 Å². The Morgan fingerprint density at radius 2 is 2.09 bits per heavy atom. The molecule has 1 atom stereocenters. The molecular formula is C6H3BrIN3. The van der Waals surface area contributed by atoms with Crippen LogP contribution >= 0.6 is 38.5 Å². The largest absolute Gasteiger partial charge is 0.259 e. The van der Waals surface area contributed by atoms with Crippen LogP contribution in [0, 0.1) is 0 Å². The van der Waals surface area contributed by atoms with E-state index in [1.54, 1.807) is 12.4 Å². The molecule has 2 heterocycles. The van der Waals surface area contributed by atoms with E-state index in [1.807, 2.05) is 0 Å². The summed E-state index contributed by atoms with van der Waals surface area (Å²) in [4.78, 5) is 12.6. The Labute approximate surface area is 85.7 Å². The topological polar surface area (TPSA) is 37.1 Å². The highest BCUT2D eigenvalue weighted by molar-refractivity contribution is 14.1. The van der Waals surface area contributed by atoms with Crippen LogP contribution in [0.2, 0.25) is 0 Å². The third-order valence-corrected chi connectivity index (χ3v) is 2.58. The minimum absolute atomic E-state index is 0.0804. The van der Waals surface area contributed by atoms with Crippen molar-refractivity contribution in [2.24, 2.45) is 15.0 Å². The Morgan fingerprint density at radius 1 is 1.36 bits per heavy atom. The van der Waals surface area contributed by atoms with Gasteiger partial charge in [0.1, 0.15) is 10.3 Å². The maximum atomic E-state index is 4.26. The average Bonchev–Trinajstić information content (AvgIpc) is 2.33. The van der Waals surface area contributed by atoms with Crippen molar-refractivity contribution in [1.29, 1.82) is 0 Å². The molecule has 0 radical (unpaired) electrons. The van der Waals surface area contributed by atoms with Gasteiger partial charge >= 0.3 is 0 Å². The van der Waals surface area contributed by atoms with Crippen molar-refractivity contribution >= 4 is 55.6 Å². The monoisotopic (exact) mass is 323 g/mol. The fourth-order valence-electron chi connectivity index (χ4n) is 0.892. The van der Waals surface area contributed by atoms with Crippen LogP contribution in [0.4, 0.5) is 0 Å². The number of rotatable bonds is 0. The molecule has 0 N–H and O–H groups in total. The molecular weight excluding hydrogens is 321 g/mol. The van der Waals surface area contributed by atoms with Crippen LogP contribution in [0.5, 0.6) is 0 Å². The molecule has 0 fully saturated rings. The van der Waals surface area contributed by atoms with E-state index in [-0.39, 0.29) is 6.17 Å². The molecule has 0 saturated carbocycles. The Bertz CT molecular complexity index is 316. The molecule has 2 rings (SSSR count). The highest BCUT2D eigenvalue weighted by atomic mass is 127. The van der Waals surface area contributed by atoms with Gasteiger partial charge in [-0.3, -0.25) is 9.98 Å². The zero-order valence-corrected chi connectivity index (χ0v) is 9.07. The molecule has 0 aromatic heterocycles. The highest BCUT2D eigenvalue weighted by Gasteiger charge is 2.21. The molecule has 0 aromatic carbocycles. The number of hydrogen-bond acceptors (Lipinski definition) is 3. The summed E-state index contributed by atoms with van der Waals surface area (Å²) in [5, 5.41) is 0. The number of hydrogen-bond donors (Lipinski definition) is 0. The van der Waals surface area contributed by atoms with Gasteiger partial charge in [-0.05, 0) is 38.5 Å². The van der Waals surface area contributed by atoms with Crippen LogP contribution in [-0.4, -0.2) is 23.2 Å². The lowest BCUT2D eigenvalue weighted by atomic mass is 10.3. The fourth-order valence-corrected chi connectivity index (χ4v) is 1.76. The van der Waals surface area contributed by atoms with E-state index in [2.05, 4.69) is 53.5 Å². The van der Waals surface area contributed by atoms with Crippen LogP contribution in [0.1, 0.15) is 0 Å². The van der Waals surface area contributed by atoms with Crippen molar-refractivity contribution in [3.8, 4) is 0 Å². The fraction of sp³-hybridized carbons (Fsp3) is 0.167. The van der Waals surface area contributed by atoms with Crippen molar-refractivity contribution < 1.29 is 0 Å². The maximum absolute atomic E-state index is 4.26. The van der Waals surface area contributed by atoms with Gasteiger partial charge in [0.25, 0.3) is 0 Å². The zero-order valence-electron chi connectivity index (χ0n) is 5.33. The third-order valence-electron chi connectivity index (χ3n) is 1.37. The number of nitrogens with zero attached hydrogens (tertiary/aromatic N) is 3. The summed E-state index contributed by atoms with van der Waals surface area (Å²) in [5.74, 6) is 0. The van der Waals surface area contributed by atoms with Crippen molar-refractivity contribution in [3.05, 3.63) is 9.28 Å². The van der Waals surface area contributed by atoms with Crippen LogP contribution < -0.4 is 0 Å². The number of fused-ring (bicyclic) bond motifs is 1. The van der Waals surface area contributed by atoms with E-state index in [1.165, 1.54) is 0 Å². The summed E-state index contributed by atoms with van der Waals surface area (Å²) in [7, 11) is 0. The highest BCUT2D eigenvalue weighted by Crippen LogP contribution is 2.26. The molecule has 11 heavy (non-hydrogen) atoms. The average molecular weight is 324 g/mol. The normalized spacial score (nSPS) is 27.5. The molecule has 0 saturated heterocycles. The molecule has 0 unspecified atom stereocenters. The standard InChI is InChI=1S/C6H3BrIN3/c7-4-2-10-6-5(11-4)3(8)1-9-6/h1-2,6H/t6-/m1/s1. The van der Waals surface area contributed by atoms with E-state index in [9.17, 15) is 0 Å².